The molecule has 0 spiro atoms. The van der Waals surface area contributed by atoms with Crippen LogP contribution in [0, 0.1) is 0 Å². The van der Waals surface area contributed by atoms with E-state index in [1.807, 2.05) is 0 Å². The van der Waals surface area contributed by atoms with Crippen molar-refractivity contribution in [2.75, 3.05) is 0 Å². The van der Waals surface area contributed by atoms with Crippen LogP contribution >= 0.6 is 0 Å². The number of hydrogen-bond donors (Lipinski definition) is 0. The number of rotatable bonds is 4. The predicted molar refractivity (Wildman–Crippen MR) is 151 cm³/mol. The van der Waals surface area contributed by atoms with E-state index in [9.17, 15) is 0 Å². The van der Waals surface area contributed by atoms with Gasteiger partial charge in [-0.15, -0.1) is 0 Å². The molecule has 0 unspecified atom stereocenters. The van der Waals surface area contributed by atoms with Crippen molar-refractivity contribution >= 4 is 21.8 Å². The van der Waals surface area contributed by atoms with Gasteiger partial charge in [-0.2, -0.15) is 0 Å². The van der Waals surface area contributed by atoms with Crippen LogP contribution < -0.4 is 0 Å². The Balaban J connectivity index is 1.60. The number of fused-ring (bicyclic) bond motifs is 2. The molecule has 0 aliphatic carbocycles. The Labute approximate surface area is 210 Å². The lowest BCUT2D eigenvalue weighted by molar-refractivity contribution is 1.09. The quantitative estimate of drug-likeness (QED) is 0.248. The second-order valence-corrected chi connectivity index (χ2v) is 9.11. The number of nitrogens with zero attached hydrogens (tertiary/aromatic N) is 2. The van der Waals surface area contributed by atoms with E-state index < -0.39 is 0 Å². The van der Waals surface area contributed by atoms with Crippen molar-refractivity contribution in [2.45, 2.75) is 0 Å². The first-order chi connectivity index (χ1) is 17.9. The highest BCUT2D eigenvalue weighted by Crippen LogP contribution is 2.39. The third-order valence-corrected chi connectivity index (χ3v) is 7.00. The average molecular weight is 461 g/mol. The summed E-state index contributed by atoms with van der Waals surface area (Å²) in [5.41, 5.74) is 9.53. The zero-order chi connectivity index (χ0) is 23.9. The highest BCUT2D eigenvalue weighted by Gasteiger charge is 2.17. The van der Waals surface area contributed by atoms with Crippen LogP contribution in [0.5, 0.6) is 0 Å². The molecular weight excluding hydrogens is 436 g/mol. The molecule has 0 amide bonds. The summed E-state index contributed by atoms with van der Waals surface area (Å²) in [6.45, 7) is 0. The van der Waals surface area contributed by atoms with Crippen molar-refractivity contribution in [1.29, 1.82) is 0 Å². The summed E-state index contributed by atoms with van der Waals surface area (Å²) in [5.74, 6) is 0. The largest absolute Gasteiger partial charge is 0.316 e. The minimum absolute atomic E-state index is 1.16. The topological polar surface area (TPSA) is 9.86 Å². The van der Waals surface area contributed by atoms with Crippen molar-refractivity contribution in [1.82, 2.24) is 9.13 Å². The van der Waals surface area contributed by atoms with Crippen LogP contribution in [0.15, 0.2) is 146 Å². The summed E-state index contributed by atoms with van der Waals surface area (Å²) in [7, 11) is 0. The Kier molecular flexibility index (Phi) is 4.82. The van der Waals surface area contributed by atoms with Gasteiger partial charge in [-0.3, -0.25) is 0 Å². The molecule has 36 heavy (non-hydrogen) atoms. The molecule has 0 N–H and O–H groups in total. The molecule has 7 aromatic rings. The lowest BCUT2D eigenvalue weighted by Gasteiger charge is -2.20. The minimum atomic E-state index is 1.16. The highest BCUT2D eigenvalue weighted by atomic mass is 15.0. The van der Waals surface area contributed by atoms with Gasteiger partial charge in [0.25, 0.3) is 0 Å². The molecule has 0 saturated heterocycles. The van der Waals surface area contributed by atoms with Crippen LogP contribution in [-0.4, -0.2) is 9.13 Å². The SMILES string of the molecule is c1ccc(-c2cc(-c3ccccc3)c(-n3ccc4ccccc43)cc2-n2ccc3ccccc32)cc1. The third-order valence-electron chi connectivity index (χ3n) is 7.00. The van der Waals surface area contributed by atoms with E-state index >= 15 is 0 Å². The van der Waals surface area contributed by atoms with Crippen LogP contribution in [0.25, 0.3) is 55.4 Å². The molecule has 0 atom stereocenters. The van der Waals surface area contributed by atoms with Crippen LogP contribution in [0.1, 0.15) is 0 Å². The maximum absolute atomic E-state index is 2.36. The standard InChI is InChI=1S/C34H24N2/c1-3-11-25(12-4-1)29-23-30(26-13-5-2-6-14-26)34(36-22-20-28-16-8-10-18-32(28)36)24-33(29)35-21-19-27-15-7-9-17-31(27)35/h1-24H. The molecule has 0 radical (unpaired) electrons. The second-order valence-electron chi connectivity index (χ2n) is 9.11. The summed E-state index contributed by atoms with van der Waals surface area (Å²) < 4.78 is 4.64. The monoisotopic (exact) mass is 460 g/mol. The lowest BCUT2D eigenvalue weighted by Crippen LogP contribution is -2.02. The molecule has 0 aliphatic heterocycles. The fraction of sp³-hybridized carbons (Fsp3) is 0. The van der Waals surface area contributed by atoms with Crippen LogP contribution in [-0.2, 0) is 0 Å². The minimum Gasteiger partial charge on any atom is -0.316 e. The molecule has 0 aliphatic rings. The molecule has 0 fully saturated rings. The van der Waals surface area contributed by atoms with Gasteiger partial charge in [-0.1, -0.05) is 97.1 Å². The summed E-state index contributed by atoms with van der Waals surface area (Å²) >= 11 is 0. The summed E-state index contributed by atoms with van der Waals surface area (Å²) in [6.07, 6.45) is 4.37. The smallest absolute Gasteiger partial charge is 0.0555 e. The maximum atomic E-state index is 2.36. The van der Waals surface area contributed by atoms with E-state index in [0.717, 1.165) is 11.4 Å². The van der Waals surface area contributed by atoms with E-state index in [0.29, 0.717) is 0 Å². The van der Waals surface area contributed by atoms with Crippen molar-refractivity contribution in [3.8, 4) is 33.6 Å². The molecule has 170 valence electrons. The van der Waals surface area contributed by atoms with Gasteiger partial charge in [0.15, 0.2) is 0 Å². The molecule has 2 heteroatoms. The third kappa shape index (κ3) is 3.35. The fourth-order valence-electron chi connectivity index (χ4n) is 5.26. The van der Waals surface area contributed by atoms with Gasteiger partial charge in [0, 0.05) is 23.5 Å². The van der Waals surface area contributed by atoms with Gasteiger partial charge in [0.1, 0.15) is 0 Å². The molecular formula is C34H24N2. The number of para-hydroxylation sites is 2. The van der Waals surface area contributed by atoms with Gasteiger partial charge in [-0.05, 0) is 58.3 Å². The van der Waals surface area contributed by atoms with E-state index in [1.165, 1.54) is 44.1 Å². The average Bonchev–Trinajstić information content (AvgIpc) is 3.58. The zero-order valence-corrected chi connectivity index (χ0v) is 19.8. The molecule has 7 rings (SSSR count). The first kappa shape index (κ1) is 20.5. The van der Waals surface area contributed by atoms with Gasteiger partial charge in [0.2, 0.25) is 0 Å². The van der Waals surface area contributed by atoms with E-state index in [1.54, 1.807) is 0 Å². The van der Waals surface area contributed by atoms with Crippen molar-refractivity contribution in [2.24, 2.45) is 0 Å². The Bertz CT molecular complexity index is 1690. The summed E-state index contributed by atoms with van der Waals surface area (Å²) in [5, 5.41) is 2.47. The molecule has 0 bridgehead atoms. The lowest BCUT2D eigenvalue weighted by atomic mass is 9.95. The first-order valence-electron chi connectivity index (χ1n) is 12.3. The molecule has 2 heterocycles. The number of hydrogen-bond acceptors (Lipinski definition) is 0. The molecule has 2 aromatic heterocycles. The number of aromatic nitrogens is 2. The van der Waals surface area contributed by atoms with Crippen molar-refractivity contribution in [3.05, 3.63) is 146 Å². The van der Waals surface area contributed by atoms with Crippen molar-refractivity contribution in [3.63, 3.8) is 0 Å². The van der Waals surface area contributed by atoms with E-state index in [-0.39, 0.29) is 0 Å². The van der Waals surface area contributed by atoms with Crippen molar-refractivity contribution < 1.29 is 0 Å². The summed E-state index contributed by atoms with van der Waals surface area (Å²) in [6, 6.07) is 47.7. The van der Waals surface area contributed by atoms with Crippen LogP contribution in [0.3, 0.4) is 0 Å². The van der Waals surface area contributed by atoms with Crippen LogP contribution in [0.4, 0.5) is 0 Å². The Morgan fingerprint density at radius 3 is 1.25 bits per heavy atom. The normalized spacial score (nSPS) is 11.3. The van der Waals surface area contributed by atoms with Crippen LogP contribution in [0.2, 0.25) is 0 Å². The van der Waals surface area contributed by atoms with Gasteiger partial charge >= 0.3 is 0 Å². The molecule has 5 aromatic carbocycles. The maximum Gasteiger partial charge on any atom is 0.0555 e. The van der Waals surface area contributed by atoms with Gasteiger partial charge < -0.3 is 9.13 Å². The highest BCUT2D eigenvalue weighted by molar-refractivity contribution is 5.91. The first-order valence-corrected chi connectivity index (χ1v) is 12.3. The Morgan fingerprint density at radius 1 is 0.361 bits per heavy atom. The zero-order valence-electron chi connectivity index (χ0n) is 19.8. The van der Waals surface area contributed by atoms with Gasteiger partial charge in [0.05, 0.1) is 22.4 Å². The Morgan fingerprint density at radius 2 is 0.778 bits per heavy atom. The Hall–Kier alpha value is -4.82. The molecule has 2 nitrogen and oxygen atoms in total. The predicted octanol–water partition coefficient (Wildman–Crippen LogP) is 8.91. The fourth-order valence-corrected chi connectivity index (χ4v) is 5.26. The van der Waals surface area contributed by atoms with E-state index in [2.05, 4.69) is 155 Å². The van der Waals surface area contributed by atoms with Gasteiger partial charge in [-0.25, -0.2) is 0 Å². The second kappa shape index (κ2) is 8.44. The summed E-state index contributed by atoms with van der Waals surface area (Å²) in [4.78, 5) is 0. The molecule has 0 saturated carbocycles. The number of benzene rings is 5. The van der Waals surface area contributed by atoms with E-state index in [4.69, 9.17) is 0 Å².